The van der Waals surface area contributed by atoms with Crippen molar-refractivity contribution in [2.45, 2.75) is 6.42 Å². The molecule has 3 aromatic rings. The zero-order chi connectivity index (χ0) is 17.3. The van der Waals surface area contributed by atoms with Gasteiger partial charge in [0.2, 0.25) is 0 Å². The number of aliphatic hydroxyl groups excluding tert-OH is 1. The van der Waals surface area contributed by atoms with Gasteiger partial charge in [0, 0.05) is 18.7 Å². The Morgan fingerprint density at radius 3 is 2.67 bits per heavy atom. The van der Waals surface area contributed by atoms with Gasteiger partial charge in [-0.05, 0) is 30.2 Å². The third kappa shape index (κ3) is 2.62. The van der Waals surface area contributed by atoms with Gasteiger partial charge in [0.05, 0.1) is 10.5 Å². The minimum absolute atomic E-state index is 0.0308. The van der Waals surface area contributed by atoms with Crippen molar-refractivity contribution in [1.29, 1.82) is 5.26 Å². The van der Waals surface area contributed by atoms with Crippen molar-refractivity contribution in [2.75, 3.05) is 6.61 Å². The molecule has 0 atom stereocenters. The number of non-ortho nitro benzene ring substituents is 1. The first-order valence-corrected chi connectivity index (χ1v) is 6.92. The number of hydrogen-bond donors (Lipinski definition) is 2. The smallest absolute Gasteiger partial charge is 0.271 e. The first-order valence-electron chi connectivity index (χ1n) is 6.92. The quantitative estimate of drug-likeness (QED) is 0.546. The van der Waals surface area contributed by atoms with Gasteiger partial charge in [-0.2, -0.15) is 5.26 Å². The fourth-order valence-corrected chi connectivity index (χ4v) is 2.31. The fourth-order valence-electron chi connectivity index (χ4n) is 2.31. The lowest BCUT2D eigenvalue weighted by Crippen LogP contribution is -2.02. The molecule has 0 bridgehead atoms. The lowest BCUT2D eigenvalue weighted by molar-refractivity contribution is -0.384. The lowest BCUT2D eigenvalue weighted by Gasteiger charge is -2.08. The maximum absolute atomic E-state index is 10.8. The predicted octanol–water partition coefficient (Wildman–Crippen LogP) is 1.44. The van der Waals surface area contributed by atoms with Crippen LogP contribution in [-0.2, 0) is 6.42 Å². The third-order valence-corrected chi connectivity index (χ3v) is 3.46. The largest absolute Gasteiger partial charge is 0.504 e. The molecule has 0 saturated carbocycles. The molecule has 0 unspecified atom stereocenters. The maximum atomic E-state index is 10.8. The van der Waals surface area contributed by atoms with Crippen molar-refractivity contribution in [3.8, 4) is 17.5 Å². The average Bonchev–Trinajstić information content (AvgIpc) is 2.99. The highest BCUT2D eigenvalue weighted by molar-refractivity contribution is 5.77. The molecule has 1 heterocycles. The number of phenols is 1. The number of nitro benzene ring substituents is 1. The Labute approximate surface area is 135 Å². The van der Waals surface area contributed by atoms with Gasteiger partial charge >= 0.3 is 0 Å². The fraction of sp³-hybridized carbons (Fsp3) is 0.133. The van der Waals surface area contributed by atoms with Crippen LogP contribution in [0.5, 0.6) is 5.75 Å². The SMILES string of the molecule is N#Cc1cc(CCO)cc(-n2nc3ccc([N+](=O)[O-])cc3n2)c1O. The molecule has 24 heavy (non-hydrogen) atoms. The molecule has 2 N–H and O–H groups in total. The second-order valence-electron chi connectivity index (χ2n) is 5.02. The van der Waals surface area contributed by atoms with E-state index in [0.717, 1.165) is 4.80 Å². The Kier molecular flexibility index (Phi) is 3.81. The van der Waals surface area contributed by atoms with Crippen LogP contribution in [0.3, 0.4) is 0 Å². The zero-order valence-electron chi connectivity index (χ0n) is 12.2. The van der Waals surface area contributed by atoms with E-state index in [-0.39, 0.29) is 34.8 Å². The molecule has 120 valence electrons. The molecule has 2 aromatic carbocycles. The number of aromatic hydroxyl groups is 1. The minimum atomic E-state index is -0.536. The molecule has 0 aliphatic heterocycles. The van der Waals surface area contributed by atoms with Crippen LogP contribution in [0.4, 0.5) is 5.69 Å². The molecule has 0 aliphatic rings. The van der Waals surface area contributed by atoms with Crippen LogP contribution in [-0.4, -0.2) is 36.7 Å². The average molecular weight is 325 g/mol. The van der Waals surface area contributed by atoms with Crippen LogP contribution in [0.15, 0.2) is 30.3 Å². The first kappa shape index (κ1) is 15.4. The number of hydrogen-bond acceptors (Lipinski definition) is 7. The van der Waals surface area contributed by atoms with Crippen LogP contribution < -0.4 is 0 Å². The van der Waals surface area contributed by atoms with E-state index in [4.69, 9.17) is 10.4 Å². The standard InChI is InChI=1S/C15H11N5O4/c16-8-10-5-9(3-4-21)6-14(15(10)22)19-17-12-2-1-11(20(23)24)7-13(12)18-19/h1-2,5-7,21-22H,3-4H2. The highest BCUT2D eigenvalue weighted by Gasteiger charge is 2.16. The Morgan fingerprint density at radius 2 is 2.00 bits per heavy atom. The van der Waals surface area contributed by atoms with Gasteiger partial charge in [-0.15, -0.1) is 15.0 Å². The van der Waals surface area contributed by atoms with Gasteiger partial charge in [-0.25, -0.2) is 0 Å². The molecule has 0 saturated heterocycles. The second-order valence-corrected chi connectivity index (χ2v) is 5.02. The number of benzene rings is 2. The van der Waals surface area contributed by atoms with E-state index in [9.17, 15) is 15.2 Å². The van der Waals surface area contributed by atoms with Crippen molar-refractivity contribution in [3.63, 3.8) is 0 Å². The number of nitro groups is 1. The summed E-state index contributed by atoms with van der Waals surface area (Å²) in [6.07, 6.45) is 0.300. The molecule has 9 heteroatoms. The Bertz CT molecular complexity index is 989. The van der Waals surface area contributed by atoms with E-state index in [1.807, 2.05) is 6.07 Å². The van der Waals surface area contributed by atoms with Crippen LogP contribution in [0.25, 0.3) is 16.7 Å². The first-order chi connectivity index (χ1) is 11.5. The molecule has 1 aromatic heterocycles. The molecular formula is C15H11N5O4. The summed E-state index contributed by atoms with van der Waals surface area (Å²) in [6.45, 7) is -0.115. The Hall–Kier alpha value is -3.51. The number of fused-ring (bicyclic) bond motifs is 1. The second kappa shape index (κ2) is 5.94. The summed E-state index contributed by atoms with van der Waals surface area (Å²) >= 11 is 0. The summed E-state index contributed by atoms with van der Waals surface area (Å²) in [5.74, 6) is -0.297. The van der Waals surface area contributed by atoms with Crippen LogP contribution in [0, 0.1) is 21.4 Å². The number of nitriles is 1. The predicted molar refractivity (Wildman–Crippen MR) is 82.7 cm³/mol. The number of nitrogens with zero attached hydrogens (tertiary/aromatic N) is 5. The lowest BCUT2D eigenvalue weighted by atomic mass is 10.1. The number of aromatic nitrogens is 3. The van der Waals surface area contributed by atoms with Gasteiger partial charge in [0.1, 0.15) is 22.8 Å². The summed E-state index contributed by atoms with van der Waals surface area (Å²) < 4.78 is 0. The van der Waals surface area contributed by atoms with E-state index >= 15 is 0 Å². The van der Waals surface area contributed by atoms with E-state index in [0.29, 0.717) is 17.5 Å². The molecule has 0 spiro atoms. The van der Waals surface area contributed by atoms with E-state index < -0.39 is 4.92 Å². The molecule has 0 aliphatic carbocycles. The molecule has 0 fully saturated rings. The summed E-state index contributed by atoms with van der Waals surface area (Å²) in [5, 5.41) is 47.5. The van der Waals surface area contributed by atoms with Crippen molar-refractivity contribution in [3.05, 3.63) is 51.6 Å². The van der Waals surface area contributed by atoms with E-state index in [1.165, 1.54) is 24.3 Å². The molecule has 9 nitrogen and oxygen atoms in total. The highest BCUT2D eigenvalue weighted by atomic mass is 16.6. The van der Waals surface area contributed by atoms with Crippen molar-refractivity contribution >= 4 is 16.7 Å². The van der Waals surface area contributed by atoms with E-state index in [1.54, 1.807) is 6.07 Å². The number of aliphatic hydroxyl groups is 1. The monoisotopic (exact) mass is 325 g/mol. The van der Waals surface area contributed by atoms with Crippen molar-refractivity contribution < 1.29 is 15.1 Å². The Balaban J connectivity index is 2.17. The van der Waals surface area contributed by atoms with Crippen LogP contribution in [0.2, 0.25) is 0 Å². The van der Waals surface area contributed by atoms with Gasteiger partial charge in [0.25, 0.3) is 5.69 Å². The number of rotatable bonds is 4. The minimum Gasteiger partial charge on any atom is -0.504 e. The molecule has 3 rings (SSSR count). The van der Waals surface area contributed by atoms with Gasteiger partial charge in [-0.1, -0.05) is 0 Å². The van der Waals surface area contributed by atoms with Crippen LogP contribution >= 0.6 is 0 Å². The molecule has 0 amide bonds. The summed E-state index contributed by atoms with van der Waals surface area (Å²) in [7, 11) is 0. The Morgan fingerprint density at radius 1 is 1.25 bits per heavy atom. The summed E-state index contributed by atoms with van der Waals surface area (Å²) in [4.78, 5) is 11.4. The van der Waals surface area contributed by atoms with Crippen molar-refractivity contribution in [1.82, 2.24) is 15.0 Å². The topological polar surface area (TPSA) is 138 Å². The van der Waals surface area contributed by atoms with Gasteiger partial charge in [-0.3, -0.25) is 10.1 Å². The van der Waals surface area contributed by atoms with E-state index in [2.05, 4.69) is 10.2 Å². The van der Waals surface area contributed by atoms with Crippen LogP contribution in [0.1, 0.15) is 11.1 Å². The molecule has 0 radical (unpaired) electrons. The maximum Gasteiger partial charge on any atom is 0.271 e. The zero-order valence-corrected chi connectivity index (χ0v) is 12.2. The highest BCUT2D eigenvalue weighted by Crippen LogP contribution is 2.28. The third-order valence-electron chi connectivity index (χ3n) is 3.46. The summed E-state index contributed by atoms with van der Waals surface area (Å²) in [5.41, 5.74) is 1.40. The van der Waals surface area contributed by atoms with Gasteiger partial charge < -0.3 is 10.2 Å². The summed E-state index contributed by atoms with van der Waals surface area (Å²) in [6, 6.07) is 8.94. The van der Waals surface area contributed by atoms with Crippen molar-refractivity contribution in [2.24, 2.45) is 0 Å². The normalized spacial score (nSPS) is 10.7. The van der Waals surface area contributed by atoms with Gasteiger partial charge in [0.15, 0.2) is 5.75 Å². The number of phenolic OH excluding ortho intramolecular Hbond substituents is 1. The molecular weight excluding hydrogens is 314 g/mol.